The minimum absolute atomic E-state index is 0.0214. The predicted octanol–water partition coefficient (Wildman–Crippen LogP) is 3.55. The second kappa shape index (κ2) is 9.06. The summed E-state index contributed by atoms with van der Waals surface area (Å²) in [7, 11) is 0. The van der Waals surface area contributed by atoms with Gasteiger partial charge in [-0.1, -0.05) is 27.2 Å². The Bertz CT molecular complexity index is 882. The van der Waals surface area contributed by atoms with Crippen molar-refractivity contribution in [3.05, 3.63) is 51.3 Å². The van der Waals surface area contributed by atoms with E-state index < -0.39 is 34.0 Å². The molecule has 0 aromatic heterocycles. The van der Waals surface area contributed by atoms with Gasteiger partial charge in [0.05, 0.1) is 16.5 Å². The molecular weight excluding hydrogens is 392 g/mol. The molecule has 1 amide bonds. The van der Waals surface area contributed by atoms with Gasteiger partial charge in [-0.15, -0.1) is 0 Å². The molecule has 0 spiro atoms. The van der Waals surface area contributed by atoms with Crippen LogP contribution in [0.4, 0.5) is 5.69 Å². The number of amides is 1. The van der Waals surface area contributed by atoms with E-state index in [0.717, 1.165) is 0 Å². The van der Waals surface area contributed by atoms with Crippen LogP contribution >= 0.6 is 0 Å². The number of hydrogen-bond acceptors (Lipinski definition) is 6. The number of non-ortho nitro benzene ring substituents is 1. The van der Waals surface area contributed by atoms with Crippen LogP contribution < -0.4 is 0 Å². The number of aliphatic carboxylic acids is 1. The van der Waals surface area contributed by atoms with Crippen LogP contribution in [0.5, 0.6) is 0 Å². The highest BCUT2D eigenvalue weighted by molar-refractivity contribution is 6.10. The number of aliphatic hydroxyl groups excluding tert-OH is 1. The van der Waals surface area contributed by atoms with E-state index in [1.807, 2.05) is 0 Å². The van der Waals surface area contributed by atoms with Crippen molar-refractivity contribution in [1.82, 2.24) is 4.90 Å². The van der Waals surface area contributed by atoms with Gasteiger partial charge in [0.1, 0.15) is 0 Å². The van der Waals surface area contributed by atoms with E-state index in [4.69, 9.17) is 5.11 Å². The Hall–Kier alpha value is -3.23. The normalized spacial score (nSPS) is 16.8. The molecule has 0 unspecified atom stereocenters. The van der Waals surface area contributed by atoms with Crippen molar-refractivity contribution in [1.29, 1.82) is 0 Å². The smallest absolute Gasteiger partial charge is 0.303 e. The van der Waals surface area contributed by atoms with Crippen LogP contribution in [0.15, 0.2) is 35.6 Å². The second-order valence-electron chi connectivity index (χ2n) is 8.30. The lowest BCUT2D eigenvalue weighted by molar-refractivity contribution is -0.384. The zero-order valence-electron chi connectivity index (χ0n) is 17.3. The molecule has 0 aliphatic carbocycles. The first kappa shape index (κ1) is 23.1. The first-order chi connectivity index (χ1) is 13.9. The summed E-state index contributed by atoms with van der Waals surface area (Å²) < 4.78 is 0. The number of Topliss-reactive ketones (excluding diaryl/α,β-unsaturated/α-hetero) is 1. The predicted molar refractivity (Wildman–Crippen MR) is 108 cm³/mol. The fourth-order valence-electron chi connectivity index (χ4n) is 3.38. The van der Waals surface area contributed by atoms with Crippen molar-refractivity contribution in [3.8, 4) is 0 Å². The Kier molecular flexibility index (Phi) is 6.96. The number of carboxylic acids is 1. The van der Waals surface area contributed by atoms with Crippen molar-refractivity contribution < 1.29 is 29.5 Å². The quantitative estimate of drug-likeness (QED) is 0.355. The molecule has 9 nitrogen and oxygen atoms in total. The zero-order valence-corrected chi connectivity index (χ0v) is 17.3. The molecule has 2 rings (SSSR count). The van der Waals surface area contributed by atoms with E-state index in [9.17, 15) is 29.6 Å². The highest BCUT2D eigenvalue weighted by Crippen LogP contribution is 2.41. The molecule has 1 aromatic carbocycles. The molecule has 30 heavy (non-hydrogen) atoms. The van der Waals surface area contributed by atoms with Gasteiger partial charge in [-0.05, 0) is 30.5 Å². The molecule has 0 fully saturated rings. The summed E-state index contributed by atoms with van der Waals surface area (Å²) in [4.78, 5) is 48.2. The molecule has 162 valence electrons. The van der Waals surface area contributed by atoms with Gasteiger partial charge in [-0.25, -0.2) is 0 Å². The third kappa shape index (κ3) is 5.03. The molecule has 0 bridgehead atoms. The molecule has 1 heterocycles. The SMILES string of the molecule is CC(C)(C)C(=O)C1=C(O)C(=O)N(CCCCCC(=O)O)[C@@H]1c1ccc([N+](=O)[O-])cc1. The van der Waals surface area contributed by atoms with Crippen molar-refractivity contribution in [2.45, 2.75) is 52.5 Å². The fraction of sp³-hybridized carbons (Fsp3) is 0.476. The Labute approximate surface area is 174 Å². The Balaban J connectivity index is 2.36. The largest absolute Gasteiger partial charge is 0.503 e. The van der Waals surface area contributed by atoms with Crippen molar-refractivity contribution in [2.24, 2.45) is 5.41 Å². The third-order valence-corrected chi connectivity index (χ3v) is 4.94. The van der Waals surface area contributed by atoms with Gasteiger partial charge < -0.3 is 15.1 Å². The maximum absolute atomic E-state index is 13.0. The van der Waals surface area contributed by atoms with Crippen molar-refractivity contribution >= 4 is 23.3 Å². The van der Waals surface area contributed by atoms with Crippen LogP contribution in [0.1, 0.15) is 58.1 Å². The van der Waals surface area contributed by atoms with Gasteiger partial charge in [-0.2, -0.15) is 0 Å². The molecule has 0 saturated heterocycles. The van der Waals surface area contributed by atoms with E-state index in [1.165, 1.54) is 29.2 Å². The van der Waals surface area contributed by atoms with Crippen LogP contribution in [0.3, 0.4) is 0 Å². The molecule has 1 aromatic rings. The topological polar surface area (TPSA) is 138 Å². The van der Waals surface area contributed by atoms with Gasteiger partial charge in [0.2, 0.25) is 0 Å². The second-order valence-corrected chi connectivity index (χ2v) is 8.30. The number of nitro benzene ring substituents is 1. The van der Waals surface area contributed by atoms with Gasteiger partial charge in [0.25, 0.3) is 11.6 Å². The number of carbonyl (C=O) groups is 3. The van der Waals surface area contributed by atoms with Crippen molar-refractivity contribution in [3.63, 3.8) is 0 Å². The van der Waals surface area contributed by atoms with E-state index in [1.54, 1.807) is 20.8 Å². The van der Waals surface area contributed by atoms with Gasteiger partial charge in [-0.3, -0.25) is 24.5 Å². The Morgan fingerprint density at radius 1 is 1.13 bits per heavy atom. The molecule has 1 aliphatic heterocycles. The number of unbranched alkanes of at least 4 members (excludes halogenated alkanes) is 2. The number of ketones is 1. The number of aliphatic hydroxyl groups is 1. The number of carboxylic acid groups (broad SMARTS) is 1. The Morgan fingerprint density at radius 2 is 1.73 bits per heavy atom. The lowest BCUT2D eigenvalue weighted by atomic mass is 9.82. The standard InChI is InChI=1S/C21H26N2O7/c1-21(2,3)19(27)16-17(13-8-10-14(11-9-13)23(29)30)22(20(28)18(16)26)12-6-4-5-7-15(24)25/h8-11,17,26H,4-7,12H2,1-3H3,(H,24,25)/t17-/m1/s1. The van der Waals surface area contributed by atoms with E-state index in [-0.39, 0.29) is 30.0 Å². The van der Waals surface area contributed by atoms with Crippen LogP contribution in [0.25, 0.3) is 0 Å². The molecule has 0 saturated carbocycles. The summed E-state index contributed by atoms with van der Waals surface area (Å²) in [6.07, 6.45) is 1.53. The van der Waals surface area contributed by atoms with Gasteiger partial charge in [0.15, 0.2) is 11.5 Å². The van der Waals surface area contributed by atoms with Crippen LogP contribution in [0.2, 0.25) is 0 Å². The number of benzene rings is 1. The lowest BCUT2D eigenvalue weighted by Gasteiger charge is -2.29. The average Bonchev–Trinajstić information content (AvgIpc) is 2.91. The minimum atomic E-state index is -0.895. The number of rotatable bonds is 9. The zero-order chi connectivity index (χ0) is 22.6. The summed E-state index contributed by atoms with van der Waals surface area (Å²) in [5, 5.41) is 30.2. The molecule has 9 heteroatoms. The van der Waals surface area contributed by atoms with Crippen LogP contribution in [-0.2, 0) is 14.4 Å². The number of hydrogen-bond donors (Lipinski definition) is 2. The lowest BCUT2D eigenvalue weighted by Crippen LogP contribution is -2.33. The minimum Gasteiger partial charge on any atom is -0.503 e. The highest BCUT2D eigenvalue weighted by Gasteiger charge is 2.45. The summed E-state index contributed by atoms with van der Waals surface area (Å²) in [6, 6.07) is 4.67. The molecule has 1 aliphatic rings. The van der Waals surface area contributed by atoms with Crippen LogP contribution in [-0.4, -0.2) is 44.2 Å². The van der Waals surface area contributed by atoms with E-state index in [0.29, 0.717) is 24.8 Å². The van der Waals surface area contributed by atoms with E-state index in [2.05, 4.69) is 0 Å². The van der Waals surface area contributed by atoms with Gasteiger partial charge >= 0.3 is 5.97 Å². The van der Waals surface area contributed by atoms with E-state index >= 15 is 0 Å². The maximum atomic E-state index is 13.0. The fourth-order valence-corrected chi connectivity index (χ4v) is 3.38. The summed E-state index contributed by atoms with van der Waals surface area (Å²) in [5.74, 6) is -2.56. The highest BCUT2D eigenvalue weighted by atomic mass is 16.6. The Morgan fingerprint density at radius 3 is 2.23 bits per heavy atom. The summed E-state index contributed by atoms with van der Waals surface area (Å²) in [6.45, 7) is 5.26. The van der Waals surface area contributed by atoms with Crippen LogP contribution in [0, 0.1) is 15.5 Å². The molecule has 1 atom stereocenters. The molecular formula is C21H26N2O7. The summed E-state index contributed by atoms with van der Waals surface area (Å²) in [5.41, 5.74) is -0.511. The third-order valence-electron chi connectivity index (χ3n) is 4.94. The maximum Gasteiger partial charge on any atom is 0.303 e. The first-order valence-electron chi connectivity index (χ1n) is 9.70. The summed E-state index contributed by atoms with van der Waals surface area (Å²) >= 11 is 0. The number of carbonyl (C=O) groups excluding carboxylic acids is 2. The number of nitro groups is 1. The van der Waals surface area contributed by atoms with Crippen molar-refractivity contribution in [2.75, 3.05) is 6.54 Å². The first-order valence-corrected chi connectivity index (χ1v) is 9.70. The number of nitrogens with zero attached hydrogens (tertiary/aromatic N) is 2. The molecule has 2 N–H and O–H groups in total. The van der Waals surface area contributed by atoms with Gasteiger partial charge in [0, 0.05) is 30.5 Å². The average molecular weight is 418 g/mol. The molecule has 0 radical (unpaired) electrons. The monoisotopic (exact) mass is 418 g/mol.